The second-order valence-corrected chi connectivity index (χ2v) is 8.53. The number of aromatic nitrogens is 2. The number of carbonyl (C=O) groups is 1. The molecule has 8 heteroatoms. The van der Waals surface area contributed by atoms with Crippen LogP contribution in [-0.4, -0.2) is 24.2 Å². The van der Waals surface area contributed by atoms with Crippen molar-refractivity contribution in [3.63, 3.8) is 0 Å². The summed E-state index contributed by atoms with van der Waals surface area (Å²) >= 11 is 0. The Kier molecular flexibility index (Phi) is 5.49. The number of furan rings is 1. The SMILES string of the molecule is O=C(OCc1ccc(-n2cccn2)cc1)c1occc1CS(=O)(=O)c1ccccc1. The van der Waals surface area contributed by atoms with E-state index in [9.17, 15) is 13.2 Å². The Hall–Kier alpha value is -3.65. The van der Waals surface area contributed by atoms with E-state index >= 15 is 0 Å². The van der Waals surface area contributed by atoms with Gasteiger partial charge in [0.05, 0.1) is 22.6 Å². The summed E-state index contributed by atoms with van der Waals surface area (Å²) in [6.07, 6.45) is 4.80. The average molecular weight is 422 g/mol. The summed E-state index contributed by atoms with van der Waals surface area (Å²) in [4.78, 5) is 12.6. The third-order valence-electron chi connectivity index (χ3n) is 4.46. The Labute approximate surface area is 173 Å². The molecule has 0 aliphatic carbocycles. The van der Waals surface area contributed by atoms with Gasteiger partial charge in [-0.05, 0) is 42.0 Å². The summed E-state index contributed by atoms with van der Waals surface area (Å²) in [6.45, 7) is 0.0315. The summed E-state index contributed by atoms with van der Waals surface area (Å²) in [5, 5.41) is 4.15. The monoisotopic (exact) mass is 422 g/mol. The maximum absolute atomic E-state index is 12.6. The predicted octanol–water partition coefficient (Wildman–Crippen LogP) is 3.80. The maximum Gasteiger partial charge on any atom is 0.374 e. The van der Waals surface area contributed by atoms with Crippen molar-refractivity contribution in [3.8, 4) is 5.69 Å². The van der Waals surface area contributed by atoms with Crippen molar-refractivity contribution in [2.75, 3.05) is 0 Å². The number of benzene rings is 2. The highest BCUT2D eigenvalue weighted by molar-refractivity contribution is 7.90. The Morgan fingerprint density at radius 2 is 1.77 bits per heavy atom. The Balaban J connectivity index is 1.42. The van der Waals surface area contributed by atoms with E-state index in [2.05, 4.69) is 5.10 Å². The van der Waals surface area contributed by atoms with Crippen LogP contribution in [-0.2, 0) is 26.9 Å². The van der Waals surface area contributed by atoms with Crippen molar-refractivity contribution in [1.82, 2.24) is 9.78 Å². The van der Waals surface area contributed by atoms with Gasteiger partial charge in [0.2, 0.25) is 5.76 Å². The van der Waals surface area contributed by atoms with Gasteiger partial charge in [-0.2, -0.15) is 5.10 Å². The molecular formula is C22H18N2O5S. The summed E-state index contributed by atoms with van der Waals surface area (Å²) in [5.41, 5.74) is 1.93. The van der Waals surface area contributed by atoms with Gasteiger partial charge in [0.1, 0.15) is 6.61 Å². The van der Waals surface area contributed by atoms with Gasteiger partial charge in [0, 0.05) is 18.0 Å². The lowest BCUT2D eigenvalue weighted by Crippen LogP contribution is -2.10. The van der Waals surface area contributed by atoms with Gasteiger partial charge in [-0.15, -0.1) is 0 Å². The van der Waals surface area contributed by atoms with Gasteiger partial charge >= 0.3 is 5.97 Å². The summed E-state index contributed by atoms with van der Waals surface area (Å²) < 4.78 is 37.4. The number of ether oxygens (including phenoxy) is 1. The first-order valence-electron chi connectivity index (χ1n) is 9.13. The molecule has 0 radical (unpaired) electrons. The highest BCUT2D eigenvalue weighted by Gasteiger charge is 2.23. The summed E-state index contributed by atoms with van der Waals surface area (Å²) in [5.74, 6) is -1.17. The first-order chi connectivity index (χ1) is 14.5. The number of rotatable bonds is 7. The molecule has 0 fully saturated rings. The number of hydrogen-bond acceptors (Lipinski definition) is 6. The van der Waals surface area contributed by atoms with Gasteiger partial charge < -0.3 is 9.15 Å². The molecule has 7 nitrogen and oxygen atoms in total. The van der Waals surface area contributed by atoms with E-state index in [1.807, 2.05) is 36.5 Å². The Bertz CT molecular complexity index is 1230. The molecule has 2 aromatic carbocycles. The molecule has 0 saturated heterocycles. The van der Waals surface area contributed by atoms with Crippen LogP contribution in [0, 0.1) is 0 Å². The van der Waals surface area contributed by atoms with Crippen molar-refractivity contribution >= 4 is 15.8 Å². The Morgan fingerprint density at radius 1 is 1.00 bits per heavy atom. The minimum atomic E-state index is -3.61. The molecule has 4 aromatic rings. The minimum Gasteiger partial charge on any atom is -0.457 e. The molecule has 0 aliphatic heterocycles. The normalized spacial score (nSPS) is 11.3. The topological polar surface area (TPSA) is 91.4 Å². The molecule has 2 heterocycles. The molecule has 2 aromatic heterocycles. The highest BCUT2D eigenvalue weighted by atomic mass is 32.2. The predicted molar refractivity (Wildman–Crippen MR) is 109 cm³/mol. The molecule has 0 N–H and O–H groups in total. The van der Waals surface area contributed by atoms with Gasteiger partial charge in [0.25, 0.3) is 0 Å². The number of esters is 1. The van der Waals surface area contributed by atoms with Gasteiger partial charge in [0.15, 0.2) is 9.84 Å². The zero-order chi connectivity index (χ0) is 21.0. The molecule has 0 spiro atoms. The van der Waals surface area contributed by atoms with E-state index < -0.39 is 15.8 Å². The molecule has 0 unspecified atom stereocenters. The lowest BCUT2D eigenvalue weighted by molar-refractivity contribution is 0.0435. The van der Waals surface area contributed by atoms with Crippen LogP contribution < -0.4 is 0 Å². The third kappa shape index (κ3) is 4.33. The molecular weight excluding hydrogens is 404 g/mol. The quantitative estimate of drug-likeness (QED) is 0.421. The minimum absolute atomic E-state index is 0.0315. The number of sulfone groups is 1. The molecule has 0 bridgehead atoms. The van der Waals surface area contributed by atoms with Crippen LogP contribution in [0.1, 0.15) is 21.7 Å². The lowest BCUT2D eigenvalue weighted by Gasteiger charge is -2.07. The van der Waals surface area contributed by atoms with Gasteiger partial charge in [-0.1, -0.05) is 30.3 Å². The van der Waals surface area contributed by atoms with Gasteiger partial charge in [-0.3, -0.25) is 0 Å². The first-order valence-corrected chi connectivity index (χ1v) is 10.8. The number of carbonyl (C=O) groups excluding carboxylic acids is 1. The van der Waals surface area contributed by atoms with Crippen LogP contribution in [0.5, 0.6) is 0 Å². The van der Waals surface area contributed by atoms with Crippen molar-refractivity contribution in [1.29, 1.82) is 0 Å². The molecule has 152 valence electrons. The molecule has 0 atom stereocenters. The van der Waals surface area contributed by atoms with E-state index in [4.69, 9.17) is 9.15 Å². The maximum atomic E-state index is 12.6. The van der Waals surface area contributed by atoms with Crippen LogP contribution in [0.2, 0.25) is 0 Å². The fourth-order valence-corrected chi connectivity index (χ4v) is 4.30. The van der Waals surface area contributed by atoms with Crippen LogP contribution in [0.15, 0.2) is 94.7 Å². The average Bonchev–Trinajstić information content (AvgIpc) is 3.45. The van der Waals surface area contributed by atoms with Crippen LogP contribution in [0.4, 0.5) is 0 Å². The van der Waals surface area contributed by atoms with Crippen molar-refractivity contribution < 1.29 is 22.4 Å². The van der Waals surface area contributed by atoms with E-state index in [1.54, 1.807) is 29.1 Å². The van der Waals surface area contributed by atoms with E-state index in [0.717, 1.165) is 11.3 Å². The van der Waals surface area contributed by atoms with Crippen molar-refractivity contribution in [3.05, 3.63) is 102 Å². The lowest BCUT2D eigenvalue weighted by atomic mass is 10.2. The summed E-state index contributed by atoms with van der Waals surface area (Å²) in [7, 11) is -3.61. The second-order valence-electron chi connectivity index (χ2n) is 6.54. The molecule has 0 saturated carbocycles. The standard InChI is InChI=1S/C22H18N2O5S/c25-22(29-15-17-7-9-19(10-8-17)24-13-4-12-23-24)21-18(11-14-28-21)16-30(26,27)20-5-2-1-3-6-20/h1-14H,15-16H2. The van der Waals surface area contributed by atoms with Crippen molar-refractivity contribution in [2.24, 2.45) is 0 Å². The zero-order valence-corrected chi connectivity index (χ0v) is 16.7. The van der Waals surface area contributed by atoms with E-state index in [-0.39, 0.29) is 28.6 Å². The van der Waals surface area contributed by atoms with Crippen LogP contribution in [0.25, 0.3) is 5.69 Å². The van der Waals surface area contributed by atoms with E-state index in [0.29, 0.717) is 0 Å². The zero-order valence-electron chi connectivity index (χ0n) is 15.8. The van der Waals surface area contributed by atoms with Crippen molar-refractivity contribution in [2.45, 2.75) is 17.3 Å². The summed E-state index contributed by atoms with van der Waals surface area (Å²) in [6, 6.07) is 18.7. The third-order valence-corrected chi connectivity index (χ3v) is 6.14. The number of hydrogen-bond donors (Lipinski definition) is 0. The largest absolute Gasteiger partial charge is 0.457 e. The van der Waals surface area contributed by atoms with E-state index in [1.165, 1.54) is 24.5 Å². The Morgan fingerprint density at radius 3 is 2.47 bits per heavy atom. The smallest absolute Gasteiger partial charge is 0.374 e. The van der Waals surface area contributed by atoms with Crippen LogP contribution in [0.3, 0.4) is 0 Å². The highest BCUT2D eigenvalue weighted by Crippen LogP contribution is 2.21. The molecule has 0 aliphatic rings. The van der Waals surface area contributed by atoms with Crippen LogP contribution >= 0.6 is 0 Å². The second kappa shape index (κ2) is 8.38. The fourth-order valence-electron chi connectivity index (χ4n) is 2.93. The molecule has 4 rings (SSSR count). The first kappa shape index (κ1) is 19.7. The fraction of sp³-hybridized carbons (Fsp3) is 0.0909. The molecule has 30 heavy (non-hydrogen) atoms. The molecule has 0 amide bonds. The number of nitrogens with zero attached hydrogens (tertiary/aromatic N) is 2. The van der Waals surface area contributed by atoms with Gasteiger partial charge in [-0.25, -0.2) is 17.9 Å².